The molecule has 1 atom stereocenters. The SMILES string of the molecule is O=C(NCC1=CCNCC1)C(Sc1ccc(F)cc1)c1ccccc1. The molecule has 0 bridgehead atoms. The molecule has 0 radical (unpaired) electrons. The zero-order valence-electron chi connectivity index (χ0n) is 13.9. The van der Waals surface area contributed by atoms with Crippen molar-refractivity contribution in [1.29, 1.82) is 0 Å². The Morgan fingerprint density at radius 2 is 1.92 bits per heavy atom. The molecule has 1 unspecified atom stereocenters. The average Bonchev–Trinajstić information content (AvgIpc) is 2.67. The van der Waals surface area contributed by atoms with Crippen LogP contribution < -0.4 is 10.6 Å². The summed E-state index contributed by atoms with van der Waals surface area (Å²) in [5, 5.41) is 5.95. The van der Waals surface area contributed by atoms with Crippen LogP contribution >= 0.6 is 11.8 Å². The standard InChI is InChI=1S/C20H21FN2OS/c21-17-6-8-18(9-7-17)25-19(16-4-2-1-3-5-16)20(24)23-14-15-10-12-22-13-11-15/h1-10,19,22H,11-14H2,(H,23,24). The van der Waals surface area contributed by atoms with Gasteiger partial charge in [0.05, 0.1) is 0 Å². The van der Waals surface area contributed by atoms with Crippen molar-refractivity contribution >= 4 is 17.7 Å². The van der Waals surface area contributed by atoms with Gasteiger partial charge in [-0.1, -0.05) is 42.0 Å². The van der Waals surface area contributed by atoms with Crippen LogP contribution in [0.15, 0.2) is 71.1 Å². The van der Waals surface area contributed by atoms with E-state index in [0.717, 1.165) is 30.0 Å². The van der Waals surface area contributed by atoms with E-state index in [9.17, 15) is 9.18 Å². The van der Waals surface area contributed by atoms with E-state index < -0.39 is 0 Å². The van der Waals surface area contributed by atoms with Gasteiger partial charge in [-0.15, -0.1) is 11.8 Å². The molecule has 25 heavy (non-hydrogen) atoms. The lowest BCUT2D eigenvalue weighted by Crippen LogP contribution is -2.32. The fraction of sp³-hybridized carbons (Fsp3) is 0.250. The van der Waals surface area contributed by atoms with Crippen molar-refractivity contribution in [2.75, 3.05) is 19.6 Å². The van der Waals surface area contributed by atoms with E-state index in [2.05, 4.69) is 16.7 Å². The predicted octanol–water partition coefficient (Wildman–Crippen LogP) is 3.70. The van der Waals surface area contributed by atoms with Crippen LogP contribution in [0.3, 0.4) is 0 Å². The van der Waals surface area contributed by atoms with Gasteiger partial charge in [0.15, 0.2) is 0 Å². The number of nitrogens with one attached hydrogen (secondary N) is 2. The Morgan fingerprint density at radius 3 is 2.60 bits per heavy atom. The molecule has 0 aromatic heterocycles. The van der Waals surface area contributed by atoms with E-state index in [1.54, 1.807) is 12.1 Å². The molecular formula is C20H21FN2OS. The van der Waals surface area contributed by atoms with Crippen molar-refractivity contribution in [1.82, 2.24) is 10.6 Å². The van der Waals surface area contributed by atoms with Crippen molar-refractivity contribution in [3.8, 4) is 0 Å². The average molecular weight is 356 g/mol. The third-order valence-electron chi connectivity index (χ3n) is 4.06. The zero-order valence-corrected chi connectivity index (χ0v) is 14.7. The van der Waals surface area contributed by atoms with Crippen LogP contribution in [-0.2, 0) is 4.79 Å². The lowest BCUT2D eigenvalue weighted by molar-refractivity contribution is -0.120. The van der Waals surface area contributed by atoms with Gasteiger partial charge in [-0.3, -0.25) is 4.79 Å². The molecule has 130 valence electrons. The van der Waals surface area contributed by atoms with Crippen molar-refractivity contribution < 1.29 is 9.18 Å². The summed E-state index contributed by atoms with van der Waals surface area (Å²) < 4.78 is 13.1. The molecule has 1 heterocycles. The van der Waals surface area contributed by atoms with Gasteiger partial charge in [0.1, 0.15) is 11.1 Å². The molecule has 2 N–H and O–H groups in total. The number of hydrogen-bond acceptors (Lipinski definition) is 3. The Hall–Kier alpha value is -2.11. The molecule has 0 spiro atoms. The first-order valence-corrected chi connectivity index (χ1v) is 9.24. The summed E-state index contributed by atoms with van der Waals surface area (Å²) in [5.74, 6) is -0.303. The molecule has 1 aliphatic heterocycles. The van der Waals surface area contributed by atoms with E-state index in [1.165, 1.54) is 29.5 Å². The maximum Gasteiger partial charge on any atom is 0.238 e. The highest BCUT2D eigenvalue weighted by molar-refractivity contribution is 8.00. The first-order chi connectivity index (χ1) is 12.2. The molecular weight excluding hydrogens is 335 g/mol. The summed E-state index contributed by atoms with van der Waals surface area (Å²) in [6, 6.07) is 15.9. The van der Waals surface area contributed by atoms with Gasteiger partial charge in [-0.25, -0.2) is 4.39 Å². The monoisotopic (exact) mass is 356 g/mol. The lowest BCUT2D eigenvalue weighted by atomic mass is 10.1. The van der Waals surface area contributed by atoms with Gasteiger partial charge >= 0.3 is 0 Å². The normalized spacial score (nSPS) is 15.3. The van der Waals surface area contributed by atoms with Crippen molar-refractivity contribution in [2.45, 2.75) is 16.6 Å². The molecule has 5 heteroatoms. The van der Waals surface area contributed by atoms with Crippen LogP contribution in [0.1, 0.15) is 17.2 Å². The zero-order chi connectivity index (χ0) is 17.5. The molecule has 1 aliphatic rings. The number of carbonyl (C=O) groups is 1. The van der Waals surface area contributed by atoms with Gasteiger partial charge < -0.3 is 10.6 Å². The molecule has 0 fully saturated rings. The van der Waals surface area contributed by atoms with Crippen LogP contribution in [0, 0.1) is 5.82 Å². The smallest absolute Gasteiger partial charge is 0.238 e. The first kappa shape index (κ1) is 17.7. The summed E-state index contributed by atoms with van der Waals surface area (Å²) in [7, 11) is 0. The molecule has 3 rings (SSSR count). The van der Waals surface area contributed by atoms with Crippen LogP contribution in [-0.4, -0.2) is 25.5 Å². The van der Waals surface area contributed by atoms with Crippen molar-refractivity contribution in [2.24, 2.45) is 0 Å². The minimum absolute atomic E-state index is 0.0278. The summed E-state index contributed by atoms with van der Waals surface area (Å²) >= 11 is 1.43. The van der Waals surface area contributed by atoms with E-state index in [4.69, 9.17) is 0 Å². The van der Waals surface area contributed by atoms with Crippen LogP contribution in [0.2, 0.25) is 0 Å². The van der Waals surface area contributed by atoms with E-state index in [0.29, 0.717) is 6.54 Å². The molecule has 2 aromatic rings. The Morgan fingerprint density at radius 1 is 1.16 bits per heavy atom. The van der Waals surface area contributed by atoms with Crippen molar-refractivity contribution in [3.63, 3.8) is 0 Å². The summed E-state index contributed by atoms with van der Waals surface area (Å²) in [6.45, 7) is 2.39. The van der Waals surface area contributed by atoms with E-state index in [1.807, 2.05) is 30.3 Å². The molecule has 0 saturated carbocycles. The highest BCUT2D eigenvalue weighted by Gasteiger charge is 2.22. The largest absolute Gasteiger partial charge is 0.351 e. The number of hydrogen-bond donors (Lipinski definition) is 2. The van der Waals surface area contributed by atoms with Gasteiger partial charge in [0.2, 0.25) is 5.91 Å². The van der Waals surface area contributed by atoms with Gasteiger partial charge in [-0.2, -0.15) is 0 Å². The van der Waals surface area contributed by atoms with Crippen molar-refractivity contribution in [3.05, 3.63) is 77.6 Å². The number of thioether (sulfide) groups is 1. The highest BCUT2D eigenvalue weighted by Crippen LogP contribution is 2.35. The number of rotatable bonds is 6. The van der Waals surface area contributed by atoms with Crippen LogP contribution in [0.5, 0.6) is 0 Å². The quantitative estimate of drug-likeness (QED) is 0.613. The fourth-order valence-electron chi connectivity index (χ4n) is 2.67. The molecule has 1 amide bonds. The Balaban J connectivity index is 1.72. The highest BCUT2D eigenvalue weighted by atomic mass is 32.2. The lowest BCUT2D eigenvalue weighted by Gasteiger charge is -2.19. The third kappa shape index (κ3) is 5.18. The maximum atomic E-state index is 13.1. The summed E-state index contributed by atoms with van der Waals surface area (Å²) in [6.07, 6.45) is 3.09. The van der Waals surface area contributed by atoms with E-state index >= 15 is 0 Å². The minimum Gasteiger partial charge on any atom is -0.351 e. The number of halogens is 1. The maximum absolute atomic E-state index is 13.1. The second kappa shape index (κ2) is 8.83. The summed E-state index contributed by atoms with van der Waals surface area (Å²) in [4.78, 5) is 13.7. The molecule has 3 nitrogen and oxygen atoms in total. The predicted molar refractivity (Wildman–Crippen MR) is 100 cm³/mol. The van der Waals surface area contributed by atoms with Crippen LogP contribution in [0.25, 0.3) is 0 Å². The van der Waals surface area contributed by atoms with Gasteiger partial charge in [0, 0.05) is 18.0 Å². The minimum atomic E-state index is -0.367. The number of amides is 1. The first-order valence-electron chi connectivity index (χ1n) is 8.36. The Bertz CT molecular complexity index is 731. The molecule has 0 saturated heterocycles. The molecule has 0 aliphatic carbocycles. The molecule has 2 aromatic carbocycles. The van der Waals surface area contributed by atoms with Gasteiger partial charge in [0.25, 0.3) is 0 Å². The topological polar surface area (TPSA) is 41.1 Å². The Labute approximate surface area is 151 Å². The number of carbonyl (C=O) groups excluding carboxylic acids is 1. The van der Waals surface area contributed by atoms with Gasteiger partial charge in [-0.05, 0) is 42.8 Å². The third-order valence-corrected chi connectivity index (χ3v) is 5.32. The second-order valence-electron chi connectivity index (χ2n) is 5.90. The van der Waals surface area contributed by atoms with Crippen LogP contribution in [0.4, 0.5) is 4.39 Å². The number of benzene rings is 2. The Kier molecular flexibility index (Phi) is 6.25. The summed E-state index contributed by atoms with van der Waals surface area (Å²) in [5.41, 5.74) is 2.19. The second-order valence-corrected chi connectivity index (χ2v) is 7.08. The fourth-order valence-corrected chi connectivity index (χ4v) is 3.72. The van der Waals surface area contributed by atoms with E-state index in [-0.39, 0.29) is 17.0 Å².